The van der Waals surface area contributed by atoms with Gasteiger partial charge in [0, 0.05) is 29.0 Å². The number of carbonyl (C=O) groups is 1. The Morgan fingerprint density at radius 2 is 2.22 bits per heavy atom. The van der Waals surface area contributed by atoms with E-state index < -0.39 is 0 Å². The fourth-order valence-electron chi connectivity index (χ4n) is 1.48. The van der Waals surface area contributed by atoms with E-state index in [2.05, 4.69) is 15.9 Å². The Kier molecular flexibility index (Phi) is 5.56. The molecular formula is C12H14BrClN2OS. The first-order valence-electron chi connectivity index (χ1n) is 5.33. The Labute approximate surface area is 125 Å². The molecule has 6 heteroatoms. The third kappa shape index (κ3) is 3.93. The van der Waals surface area contributed by atoms with Gasteiger partial charge in [0.2, 0.25) is 0 Å². The van der Waals surface area contributed by atoms with Crippen LogP contribution >= 0.6 is 39.7 Å². The molecule has 1 unspecified atom stereocenters. The van der Waals surface area contributed by atoms with E-state index in [0.29, 0.717) is 26.5 Å². The molecule has 1 amide bonds. The van der Waals surface area contributed by atoms with Gasteiger partial charge in [0.05, 0.1) is 10.6 Å². The van der Waals surface area contributed by atoms with Crippen molar-refractivity contribution in [3.8, 4) is 0 Å². The van der Waals surface area contributed by atoms with E-state index in [-0.39, 0.29) is 11.9 Å². The van der Waals surface area contributed by atoms with E-state index >= 15 is 0 Å². The molecule has 0 radical (unpaired) electrons. The van der Waals surface area contributed by atoms with Gasteiger partial charge < -0.3 is 10.6 Å². The first-order valence-corrected chi connectivity index (χ1v) is 6.91. The molecule has 1 rings (SSSR count). The summed E-state index contributed by atoms with van der Waals surface area (Å²) in [6, 6.07) is 5.06. The van der Waals surface area contributed by atoms with Crippen LogP contribution in [-0.2, 0) is 0 Å². The van der Waals surface area contributed by atoms with Gasteiger partial charge in [0.25, 0.3) is 5.91 Å². The van der Waals surface area contributed by atoms with Crippen molar-refractivity contribution in [2.75, 3.05) is 7.05 Å². The zero-order valence-corrected chi connectivity index (χ0v) is 13.3. The molecule has 0 aromatic heterocycles. The zero-order chi connectivity index (χ0) is 13.9. The average Bonchev–Trinajstić information content (AvgIpc) is 2.29. The van der Waals surface area contributed by atoms with Gasteiger partial charge in [-0.25, -0.2) is 0 Å². The van der Waals surface area contributed by atoms with Gasteiger partial charge in [-0.3, -0.25) is 4.79 Å². The summed E-state index contributed by atoms with van der Waals surface area (Å²) in [6.45, 7) is 1.90. The van der Waals surface area contributed by atoms with Crippen LogP contribution in [0.4, 0.5) is 0 Å². The van der Waals surface area contributed by atoms with Crippen LogP contribution in [0.2, 0.25) is 5.02 Å². The minimum absolute atomic E-state index is 0.0547. The molecule has 18 heavy (non-hydrogen) atoms. The Bertz CT molecular complexity index is 481. The second kappa shape index (κ2) is 6.50. The van der Waals surface area contributed by atoms with Crippen LogP contribution in [0.25, 0.3) is 0 Å². The topological polar surface area (TPSA) is 46.3 Å². The molecule has 98 valence electrons. The predicted octanol–water partition coefficient (Wildman–Crippen LogP) is 3.24. The summed E-state index contributed by atoms with van der Waals surface area (Å²) in [4.78, 5) is 14.3. The van der Waals surface area contributed by atoms with Crippen LogP contribution in [0.5, 0.6) is 0 Å². The second-order valence-corrected chi connectivity index (χ2v) is 5.87. The number of halogens is 2. The summed E-state index contributed by atoms with van der Waals surface area (Å²) in [5.41, 5.74) is 6.01. The van der Waals surface area contributed by atoms with Gasteiger partial charge in [0.1, 0.15) is 0 Å². The lowest BCUT2D eigenvalue weighted by Gasteiger charge is -2.25. The number of hydrogen-bond donors (Lipinski definition) is 1. The molecule has 0 saturated carbocycles. The van der Waals surface area contributed by atoms with Crippen molar-refractivity contribution in [2.24, 2.45) is 5.73 Å². The lowest BCUT2D eigenvalue weighted by atomic mass is 10.1. The highest BCUT2D eigenvalue weighted by molar-refractivity contribution is 9.10. The van der Waals surface area contributed by atoms with E-state index in [9.17, 15) is 4.79 Å². The number of amides is 1. The predicted molar refractivity (Wildman–Crippen MR) is 82.1 cm³/mol. The molecule has 0 saturated heterocycles. The zero-order valence-electron chi connectivity index (χ0n) is 10.1. The minimum atomic E-state index is -0.117. The van der Waals surface area contributed by atoms with Gasteiger partial charge in [-0.15, -0.1) is 0 Å². The van der Waals surface area contributed by atoms with E-state index in [1.165, 1.54) is 0 Å². The third-order valence-electron chi connectivity index (χ3n) is 2.64. The van der Waals surface area contributed by atoms with Gasteiger partial charge in [-0.1, -0.05) is 23.8 Å². The highest BCUT2D eigenvalue weighted by Gasteiger charge is 2.20. The standard InChI is InChI=1S/C12H14BrClN2OS/c1-7(5-11(15)18)16(2)12(17)9-6-8(14)3-4-10(9)13/h3-4,6-7H,5H2,1-2H3,(H2,15,18). The maximum atomic E-state index is 12.3. The number of benzene rings is 1. The third-order valence-corrected chi connectivity index (χ3v) is 3.73. The van der Waals surface area contributed by atoms with Crippen molar-refractivity contribution in [1.82, 2.24) is 4.90 Å². The summed E-state index contributed by atoms with van der Waals surface area (Å²) < 4.78 is 0.714. The molecule has 0 spiro atoms. The van der Waals surface area contributed by atoms with Crippen molar-refractivity contribution >= 4 is 50.6 Å². The van der Waals surface area contributed by atoms with Gasteiger partial charge in [-0.05, 0) is 41.1 Å². The van der Waals surface area contributed by atoms with Crippen LogP contribution in [0.15, 0.2) is 22.7 Å². The number of carbonyl (C=O) groups excluding carboxylic acids is 1. The van der Waals surface area contributed by atoms with Crippen molar-refractivity contribution < 1.29 is 4.79 Å². The normalized spacial score (nSPS) is 12.0. The van der Waals surface area contributed by atoms with E-state index in [4.69, 9.17) is 29.6 Å². The Balaban J connectivity index is 2.92. The summed E-state index contributed by atoms with van der Waals surface area (Å²) in [7, 11) is 1.72. The molecule has 2 N–H and O–H groups in total. The lowest BCUT2D eigenvalue weighted by Crippen LogP contribution is -2.37. The Morgan fingerprint density at radius 1 is 1.61 bits per heavy atom. The number of hydrogen-bond acceptors (Lipinski definition) is 2. The molecule has 0 aliphatic rings. The van der Waals surface area contributed by atoms with E-state index in [1.807, 2.05) is 6.92 Å². The van der Waals surface area contributed by atoms with Crippen molar-refractivity contribution in [3.63, 3.8) is 0 Å². The minimum Gasteiger partial charge on any atom is -0.393 e. The molecule has 0 aliphatic heterocycles. The first kappa shape index (κ1) is 15.4. The molecule has 1 aromatic carbocycles. The molecule has 1 aromatic rings. The second-order valence-electron chi connectivity index (χ2n) is 4.06. The van der Waals surface area contributed by atoms with Crippen molar-refractivity contribution in [1.29, 1.82) is 0 Å². The number of rotatable bonds is 4. The smallest absolute Gasteiger partial charge is 0.255 e. The number of nitrogens with zero attached hydrogens (tertiary/aromatic N) is 1. The largest absolute Gasteiger partial charge is 0.393 e. The van der Waals surface area contributed by atoms with Gasteiger partial charge in [0.15, 0.2) is 0 Å². The van der Waals surface area contributed by atoms with Gasteiger partial charge >= 0.3 is 0 Å². The van der Waals surface area contributed by atoms with E-state index in [0.717, 1.165) is 0 Å². The van der Waals surface area contributed by atoms with Crippen LogP contribution in [0.1, 0.15) is 23.7 Å². The molecule has 1 atom stereocenters. The molecule has 0 heterocycles. The number of nitrogens with two attached hydrogens (primary N) is 1. The molecule has 0 bridgehead atoms. The number of thiocarbonyl (C=S) groups is 1. The highest BCUT2D eigenvalue weighted by Crippen LogP contribution is 2.23. The molecule has 0 fully saturated rings. The van der Waals surface area contributed by atoms with Crippen molar-refractivity contribution in [2.45, 2.75) is 19.4 Å². The van der Waals surface area contributed by atoms with Crippen LogP contribution in [-0.4, -0.2) is 28.9 Å². The first-order chi connectivity index (χ1) is 8.32. The Morgan fingerprint density at radius 3 is 2.78 bits per heavy atom. The van der Waals surface area contributed by atoms with Gasteiger partial charge in [-0.2, -0.15) is 0 Å². The van der Waals surface area contributed by atoms with Crippen LogP contribution < -0.4 is 5.73 Å². The summed E-state index contributed by atoms with van der Waals surface area (Å²) >= 11 is 14.1. The monoisotopic (exact) mass is 348 g/mol. The fourth-order valence-corrected chi connectivity index (χ4v) is 2.31. The quantitative estimate of drug-likeness (QED) is 0.849. The lowest BCUT2D eigenvalue weighted by molar-refractivity contribution is 0.0747. The molecular weight excluding hydrogens is 336 g/mol. The summed E-state index contributed by atoms with van der Waals surface area (Å²) in [6.07, 6.45) is 0.496. The Hall–Kier alpha value is -0.650. The summed E-state index contributed by atoms with van der Waals surface area (Å²) in [5.74, 6) is -0.117. The maximum Gasteiger partial charge on any atom is 0.255 e. The van der Waals surface area contributed by atoms with Crippen LogP contribution in [0.3, 0.4) is 0 Å². The van der Waals surface area contributed by atoms with Crippen LogP contribution in [0, 0.1) is 0 Å². The van der Waals surface area contributed by atoms with E-state index in [1.54, 1.807) is 30.1 Å². The fraction of sp³-hybridized carbons (Fsp3) is 0.333. The highest BCUT2D eigenvalue weighted by atomic mass is 79.9. The molecule has 0 aliphatic carbocycles. The molecule has 3 nitrogen and oxygen atoms in total. The average molecular weight is 350 g/mol. The SMILES string of the molecule is CC(CC(N)=S)N(C)C(=O)c1cc(Cl)ccc1Br. The summed E-state index contributed by atoms with van der Waals surface area (Å²) in [5, 5.41) is 0.525. The van der Waals surface area contributed by atoms with Crippen molar-refractivity contribution in [3.05, 3.63) is 33.3 Å². The maximum absolute atomic E-state index is 12.3.